The number of hydrogen-bond acceptors (Lipinski definition) is 3. The Kier molecular flexibility index (Phi) is 7.06. The molecule has 0 atom stereocenters. The van der Waals surface area contributed by atoms with Crippen LogP contribution in [0.4, 0.5) is 5.69 Å². The molecule has 1 aromatic rings. The Morgan fingerprint density at radius 3 is 2.15 bits per heavy atom. The zero-order valence-electron chi connectivity index (χ0n) is 16.9. The predicted octanol–water partition coefficient (Wildman–Crippen LogP) is 3.00. The van der Waals surface area contributed by atoms with Crippen molar-refractivity contribution in [2.75, 3.05) is 38.6 Å². The lowest BCUT2D eigenvalue weighted by Crippen LogP contribution is -2.45. The van der Waals surface area contributed by atoms with Gasteiger partial charge in [-0.1, -0.05) is 26.0 Å². The maximum Gasteiger partial charge on any atom is 0.226 e. The van der Waals surface area contributed by atoms with Crippen molar-refractivity contribution in [1.82, 2.24) is 9.80 Å². The van der Waals surface area contributed by atoms with E-state index in [0.29, 0.717) is 26.2 Å². The summed E-state index contributed by atoms with van der Waals surface area (Å²) < 4.78 is 0. The number of rotatable bonds is 6. The largest absolute Gasteiger partial charge is 0.378 e. The van der Waals surface area contributed by atoms with E-state index < -0.39 is 0 Å². The molecule has 0 spiro atoms. The lowest BCUT2D eigenvalue weighted by Gasteiger charge is -2.35. The highest BCUT2D eigenvalue weighted by Gasteiger charge is 2.30. The van der Waals surface area contributed by atoms with Crippen molar-refractivity contribution in [2.45, 2.75) is 40.2 Å². The lowest BCUT2D eigenvalue weighted by atomic mass is 9.94. The highest BCUT2D eigenvalue weighted by molar-refractivity contribution is 5.81. The molecule has 1 heterocycles. The molecule has 1 fully saturated rings. The van der Waals surface area contributed by atoms with Crippen LogP contribution in [0.1, 0.15) is 39.2 Å². The second-order valence-electron chi connectivity index (χ2n) is 7.67. The fourth-order valence-electron chi connectivity index (χ4n) is 3.44. The van der Waals surface area contributed by atoms with Crippen molar-refractivity contribution in [1.29, 1.82) is 0 Å². The summed E-state index contributed by atoms with van der Waals surface area (Å²) in [5.41, 5.74) is 2.31. The SMILES string of the molecule is CCN(Cc1ccc(N(C)C)cc1)C(=O)C1CCN(C(=O)C(C)C)CC1. The Bertz CT molecular complexity index is 602. The van der Waals surface area contributed by atoms with Gasteiger partial charge >= 0.3 is 0 Å². The van der Waals surface area contributed by atoms with Crippen molar-refractivity contribution in [2.24, 2.45) is 11.8 Å². The first-order chi connectivity index (χ1) is 12.3. The van der Waals surface area contributed by atoms with Crippen LogP contribution in [0.15, 0.2) is 24.3 Å². The van der Waals surface area contributed by atoms with E-state index in [2.05, 4.69) is 29.2 Å². The van der Waals surface area contributed by atoms with Crippen LogP contribution >= 0.6 is 0 Å². The third-order valence-electron chi connectivity index (χ3n) is 5.17. The summed E-state index contributed by atoms with van der Waals surface area (Å²) in [6.07, 6.45) is 1.54. The number of likely N-dealkylation sites (tertiary alicyclic amines) is 1. The molecule has 26 heavy (non-hydrogen) atoms. The van der Waals surface area contributed by atoms with Gasteiger partial charge in [-0.15, -0.1) is 0 Å². The van der Waals surface area contributed by atoms with Crippen molar-refractivity contribution in [3.8, 4) is 0 Å². The topological polar surface area (TPSA) is 43.9 Å². The summed E-state index contributed by atoms with van der Waals surface area (Å²) in [4.78, 5) is 31.0. The minimum absolute atomic E-state index is 0.0273. The number of nitrogens with zero attached hydrogens (tertiary/aromatic N) is 3. The van der Waals surface area contributed by atoms with Gasteiger partial charge in [0.15, 0.2) is 0 Å². The maximum absolute atomic E-state index is 12.9. The summed E-state index contributed by atoms with van der Waals surface area (Å²) in [5, 5.41) is 0. The third-order valence-corrected chi connectivity index (χ3v) is 5.17. The molecule has 0 N–H and O–H groups in total. The van der Waals surface area contributed by atoms with Crippen molar-refractivity contribution in [3.05, 3.63) is 29.8 Å². The highest BCUT2D eigenvalue weighted by Crippen LogP contribution is 2.22. The Hall–Kier alpha value is -2.04. The molecule has 0 bridgehead atoms. The molecule has 5 nitrogen and oxygen atoms in total. The van der Waals surface area contributed by atoms with Gasteiger partial charge in [0.1, 0.15) is 0 Å². The van der Waals surface area contributed by atoms with Gasteiger partial charge in [0, 0.05) is 57.8 Å². The lowest BCUT2D eigenvalue weighted by molar-refractivity contribution is -0.142. The summed E-state index contributed by atoms with van der Waals surface area (Å²) in [6.45, 7) is 8.64. The Labute approximate surface area is 158 Å². The van der Waals surface area contributed by atoms with E-state index in [4.69, 9.17) is 0 Å². The standard InChI is InChI=1S/C21H33N3O2/c1-6-23(15-17-7-9-19(10-8-17)22(4)5)21(26)18-11-13-24(14-12-18)20(25)16(2)3/h7-10,16,18H,6,11-15H2,1-5H3. The van der Waals surface area contributed by atoms with Crippen LogP contribution in [0.2, 0.25) is 0 Å². The van der Waals surface area contributed by atoms with Crippen molar-refractivity contribution < 1.29 is 9.59 Å². The molecule has 5 heteroatoms. The number of carbonyl (C=O) groups excluding carboxylic acids is 2. The van der Waals surface area contributed by atoms with Gasteiger partial charge in [-0.2, -0.15) is 0 Å². The molecule has 0 saturated carbocycles. The molecular formula is C21H33N3O2. The molecule has 0 aromatic heterocycles. The monoisotopic (exact) mass is 359 g/mol. The minimum Gasteiger partial charge on any atom is -0.378 e. The van der Waals surface area contributed by atoms with Gasteiger partial charge < -0.3 is 14.7 Å². The van der Waals surface area contributed by atoms with Crippen LogP contribution in [0, 0.1) is 11.8 Å². The van der Waals surface area contributed by atoms with Crippen molar-refractivity contribution >= 4 is 17.5 Å². The summed E-state index contributed by atoms with van der Waals surface area (Å²) in [7, 11) is 4.04. The van der Waals surface area contributed by atoms with E-state index in [1.165, 1.54) is 0 Å². The van der Waals surface area contributed by atoms with Crippen molar-refractivity contribution in [3.63, 3.8) is 0 Å². The molecule has 2 rings (SSSR count). The Morgan fingerprint density at radius 1 is 1.12 bits per heavy atom. The Balaban J connectivity index is 1.93. The van der Waals surface area contributed by atoms with Crippen LogP contribution < -0.4 is 4.90 Å². The van der Waals surface area contributed by atoms with Gasteiger partial charge in [0.05, 0.1) is 0 Å². The average molecular weight is 360 g/mol. The smallest absolute Gasteiger partial charge is 0.226 e. The van der Waals surface area contributed by atoms with E-state index in [1.54, 1.807) is 0 Å². The molecule has 2 amide bonds. The fraction of sp³-hybridized carbons (Fsp3) is 0.619. The first-order valence-electron chi connectivity index (χ1n) is 9.67. The van der Waals surface area contributed by atoms with Crippen LogP contribution in [0.3, 0.4) is 0 Å². The zero-order valence-corrected chi connectivity index (χ0v) is 16.9. The predicted molar refractivity (Wildman–Crippen MR) is 106 cm³/mol. The number of piperidine rings is 1. The normalized spacial score (nSPS) is 15.2. The van der Waals surface area contributed by atoms with E-state index in [1.807, 2.05) is 44.7 Å². The van der Waals surface area contributed by atoms with E-state index in [9.17, 15) is 9.59 Å². The number of benzene rings is 1. The highest BCUT2D eigenvalue weighted by atomic mass is 16.2. The van der Waals surface area contributed by atoms with Crippen LogP contribution in [0.25, 0.3) is 0 Å². The maximum atomic E-state index is 12.9. The number of amides is 2. The molecule has 1 aliphatic heterocycles. The number of hydrogen-bond donors (Lipinski definition) is 0. The molecule has 1 aromatic carbocycles. The summed E-state index contributed by atoms with van der Waals surface area (Å²) in [5.74, 6) is 0.483. The van der Waals surface area contributed by atoms with Gasteiger partial charge in [-0.25, -0.2) is 0 Å². The molecule has 144 valence electrons. The minimum atomic E-state index is 0.0273. The van der Waals surface area contributed by atoms with Gasteiger partial charge in [0.25, 0.3) is 0 Å². The summed E-state index contributed by atoms with van der Waals surface area (Å²) >= 11 is 0. The van der Waals surface area contributed by atoms with Gasteiger partial charge in [-0.3, -0.25) is 9.59 Å². The first-order valence-corrected chi connectivity index (χ1v) is 9.67. The molecule has 1 saturated heterocycles. The molecule has 0 unspecified atom stereocenters. The molecule has 0 aliphatic carbocycles. The molecule has 1 aliphatic rings. The van der Waals surface area contributed by atoms with E-state index >= 15 is 0 Å². The second kappa shape index (κ2) is 9.06. The molecule has 0 radical (unpaired) electrons. The first kappa shape index (κ1) is 20.3. The van der Waals surface area contributed by atoms with Crippen LogP contribution in [0.5, 0.6) is 0 Å². The van der Waals surface area contributed by atoms with Crippen LogP contribution in [-0.2, 0) is 16.1 Å². The van der Waals surface area contributed by atoms with Gasteiger partial charge in [-0.05, 0) is 37.5 Å². The van der Waals surface area contributed by atoms with Crippen LogP contribution in [-0.4, -0.2) is 55.3 Å². The fourth-order valence-corrected chi connectivity index (χ4v) is 3.44. The second-order valence-corrected chi connectivity index (χ2v) is 7.67. The summed E-state index contributed by atoms with van der Waals surface area (Å²) in [6, 6.07) is 8.36. The average Bonchev–Trinajstić information content (AvgIpc) is 2.65. The van der Waals surface area contributed by atoms with E-state index in [-0.39, 0.29) is 23.7 Å². The van der Waals surface area contributed by atoms with Gasteiger partial charge in [0.2, 0.25) is 11.8 Å². The zero-order chi connectivity index (χ0) is 19.3. The quantitative estimate of drug-likeness (QED) is 0.784. The molecular weight excluding hydrogens is 326 g/mol. The Morgan fingerprint density at radius 2 is 1.69 bits per heavy atom. The van der Waals surface area contributed by atoms with E-state index in [0.717, 1.165) is 24.1 Å². The number of anilines is 1. The third kappa shape index (κ3) is 4.99. The number of carbonyl (C=O) groups is 2.